The molecule has 2 saturated carbocycles. The Morgan fingerprint density at radius 3 is 2.82 bits per heavy atom. The highest BCUT2D eigenvalue weighted by atomic mass is 16.1. The average molecular weight is 153 g/mol. The zero-order valence-electron chi connectivity index (χ0n) is 7.88. The van der Waals surface area contributed by atoms with Crippen molar-refractivity contribution in [3.63, 3.8) is 0 Å². The summed E-state index contributed by atoms with van der Waals surface area (Å²) in [7, 11) is 0. The molecule has 0 aromatic rings. The smallest absolute Gasteiger partial charge is 0.136 e. The molecule has 2 aliphatic carbocycles. The first-order valence-electron chi connectivity index (χ1n) is 5.33. The van der Waals surface area contributed by atoms with Gasteiger partial charge in [0.05, 0.1) is 0 Å². The van der Waals surface area contributed by atoms with Gasteiger partial charge in [0.25, 0.3) is 0 Å². The first-order valence-corrected chi connectivity index (χ1v) is 4.75. The average Bonchev–Trinajstić information content (AvgIpc) is 2.12. The van der Waals surface area contributed by atoms with E-state index in [1.165, 1.54) is 19.3 Å². The minimum Gasteiger partial charge on any atom is -0.299 e. The fraction of sp³-hybridized carbons (Fsp3) is 0.900. The van der Waals surface area contributed by atoms with E-state index in [2.05, 4.69) is 0 Å². The third-order valence-corrected chi connectivity index (χ3v) is 3.16. The van der Waals surface area contributed by atoms with Crippen LogP contribution in [0.1, 0.15) is 46.3 Å². The Hall–Kier alpha value is -0.330. The molecule has 0 unspecified atom stereocenters. The third kappa shape index (κ3) is 1.33. The number of rotatable bonds is 0. The fourth-order valence-corrected chi connectivity index (χ4v) is 2.52. The van der Waals surface area contributed by atoms with Crippen LogP contribution in [0, 0.1) is 11.8 Å². The maximum absolute atomic E-state index is 11.6. The first kappa shape index (κ1) is 6.22. The molecule has 2 rings (SSSR count). The molecular weight excluding hydrogens is 136 g/mol. The fourth-order valence-electron chi connectivity index (χ4n) is 2.52. The molecule has 62 valence electrons. The van der Waals surface area contributed by atoms with Gasteiger partial charge in [0.2, 0.25) is 0 Å². The van der Waals surface area contributed by atoms with Gasteiger partial charge in [-0.2, -0.15) is 0 Å². The third-order valence-electron chi connectivity index (χ3n) is 3.16. The van der Waals surface area contributed by atoms with Crippen LogP contribution in [0.2, 0.25) is 0 Å². The molecular formula is C10H16O. The van der Waals surface area contributed by atoms with Crippen LogP contribution in [0.4, 0.5) is 0 Å². The summed E-state index contributed by atoms with van der Waals surface area (Å²) in [5.41, 5.74) is 0. The molecule has 0 spiro atoms. The van der Waals surface area contributed by atoms with Crippen molar-refractivity contribution in [2.45, 2.75) is 44.9 Å². The molecule has 0 bridgehead atoms. The molecule has 1 nitrogen and oxygen atoms in total. The van der Waals surface area contributed by atoms with E-state index in [4.69, 9.17) is 1.37 Å². The summed E-state index contributed by atoms with van der Waals surface area (Å²) in [5, 5.41) is 0. The molecule has 1 heteroatoms. The van der Waals surface area contributed by atoms with E-state index < -0.39 is 0 Å². The Balaban J connectivity index is 2.08. The molecule has 3 atom stereocenters. The minimum absolute atomic E-state index is 0.242. The van der Waals surface area contributed by atoms with Crippen LogP contribution in [0.5, 0.6) is 0 Å². The van der Waals surface area contributed by atoms with Crippen LogP contribution in [0.25, 0.3) is 0 Å². The van der Waals surface area contributed by atoms with Gasteiger partial charge < -0.3 is 0 Å². The van der Waals surface area contributed by atoms with E-state index in [9.17, 15) is 4.79 Å². The van der Waals surface area contributed by atoms with Crippen LogP contribution in [0.3, 0.4) is 0 Å². The van der Waals surface area contributed by atoms with Gasteiger partial charge in [-0.05, 0) is 31.6 Å². The summed E-state index contributed by atoms with van der Waals surface area (Å²) in [4.78, 5) is 11.6. The summed E-state index contributed by atoms with van der Waals surface area (Å²) in [6, 6.07) is 0. The molecule has 2 aliphatic rings. The highest BCUT2D eigenvalue weighted by Crippen LogP contribution is 2.38. The summed E-state index contributed by atoms with van der Waals surface area (Å²) in [5.74, 6) is 1.16. The number of hydrogen-bond donors (Lipinski definition) is 0. The first-order chi connectivity index (χ1) is 5.79. The second kappa shape index (κ2) is 2.96. The molecule has 0 saturated heterocycles. The van der Waals surface area contributed by atoms with E-state index in [0.717, 1.165) is 19.3 Å². The topological polar surface area (TPSA) is 17.1 Å². The van der Waals surface area contributed by atoms with Crippen LogP contribution >= 0.6 is 0 Å². The SMILES string of the molecule is [2H][C@@H]1CC[C@@H]2CCCC[C@@H]2C1=O. The van der Waals surface area contributed by atoms with Crippen LogP contribution in [-0.4, -0.2) is 5.78 Å². The van der Waals surface area contributed by atoms with Crippen molar-refractivity contribution < 1.29 is 6.17 Å². The lowest BCUT2D eigenvalue weighted by atomic mass is 9.70. The molecule has 0 aromatic heterocycles. The Morgan fingerprint density at radius 1 is 1.18 bits per heavy atom. The molecule has 0 radical (unpaired) electrons. The summed E-state index contributed by atoms with van der Waals surface area (Å²) in [6.45, 7) is 0. The van der Waals surface area contributed by atoms with Gasteiger partial charge in [0, 0.05) is 13.7 Å². The van der Waals surface area contributed by atoms with Crippen molar-refractivity contribution in [2.24, 2.45) is 11.8 Å². The number of carbonyl (C=O) groups is 1. The van der Waals surface area contributed by atoms with E-state index in [1.807, 2.05) is 0 Å². The number of fused-ring (bicyclic) bond motifs is 1. The summed E-state index contributed by atoms with van der Waals surface area (Å²) < 4.78 is 7.55. The van der Waals surface area contributed by atoms with E-state index >= 15 is 0 Å². The van der Waals surface area contributed by atoms with Crippen LogP contribution in [0.15, 0.2) is 0 Å². The van der Waals surface area contributed by atoms with Gasteiger partial charge in [-0.3, -0.25) is 4.79 Å². The second-order valence-electron chi connectivity index (χ2n) is 3.83. The zero-order chi connectivity index (χ0) is 8.55. The molecule has 0 heterocycles. The lowest BCUT2D eigenvalue weighted by Crippen LogP contribution is -2.30. The highest BCUT2D eigenvalue weighted by molar-refractivity contribution is 5.82. The number of ketones is 1. The Kier molecular flexibility index (Phi) is 1.67. The van der Waals surface area contributed by atoms with Gasteiger partial charge in [0.1, 0.15) is 5.78 Å². The highest BCUT2D eigenvalue weighted by Gasteiger charge is 2.32. The van der Waals surface area contributed by atoms with E-state index in [-0.39, 0.29) is 18.1 Å². The van der Waals surface area contributed by atoms with E-state index in [1.54, 1.807) is 0 Å². The largest absolute Gasteiger partial charge is 0.299 e. The van der Waals surface area contributed by atoms with Gasteiger partial charge in [-0.1, -0.05) is 12.8 Å². The maximum atomic E-state index is 11.6. The predicted octanol–water partition coefficient (Wildman–Crippen LogP) is 2.55. The van der Waals surface area contributed by atoms with Gasteiger partial charge >= 0.3 is 0 Å². The van der Waals surface area contributed by atoms with Gasteiger partial charge in [-0.15, -0.1) is 0 Å². The van der Waals surface area contributed by atoms with Crippen LogP contribution in [-0.2, 0) is 4.79 Å². The number of Topliss-reactive ketones (excluding diaryl/α,β-unsaturated/α-hetero) is 1. The van der Waals surface area contributed by atoms with Crippen molar-refractivity contribution >= 4 is 5.78 Å². The van der Waals surface area contributed by atoms with Crippen molar-refractivity contribution in [2.75, 3.05) is 0 Å². The van der Waals surface area contributed by atoms with Gasteiger partial charge in [0.15, 0.2) is 0 Å². The lowest BCUT2D eigenvalue weighted by molar-refractivity contribution is -0.127. The molecule has 0 N–H and O–H groups in total. The zero-order valence-corrected chi connectivity index (χ0v) is 6.88. The van der Waals surface area contributed by atoms with E-state index in [0.29, 0.717) is 5.92 Å². The van der Waals surface area contributed by atoms with Crippen LogP contribution < -0.4 is 0 Å². The molecule has 11 heavy (non-hydrogen) atoms. The monoisotopic (exact) mass is 153 g/mol. The second-order valence-corrected chi connectivity index (χ2v) is 3.83. The summed E-state index contributed by atoms with van der Waals surface area (Å²) >= 11 is 0. The molecule has 0 aliphatic heterocycles. The van der Waals surface area contributed by atoms with Crippen molar-refractivity contribution in [3.8, 4) is 0 Å². The summed E-state index contributed by atoms with van der Waals surface area (Å²) in [6.07, 6.45) is 6.38. The Bertz CT molecular complexity index is 190. The van der Waals surface area contributed by atoms with Crippen molar-refractivity contribution in [1.82, 2.24) is 0 Å². The van der Waals surface area contributed by atoms with Gasteiger partial charge in [-0.25, -0.2) is 0 Å². The quantitative estimate of drug-likeness (QED) is 0.522. The normalized spacial score (nSPS) is 46.4. The maximum Gasteiger partial charge on any atom is 0.136 e. The van der Waals surface area contributed by atoms with Crippen molar-refractivity contribution in [1.29, 1.82) is 0 Å². The molecule has 0 amide bonds. The minimum atomic E-state index is -0.385. The Labute approximate surface area is 69.6 Å². The van der Waals surface area contributed by atoms with Crippen molar-refractivity contribution in [3.05, 3.63) is 0 Å². The predicted molar refractivity (Wildman–Crippen MR) is 44.3 cm³/mol. The molecule has 0 aromatic carbocycles. The molecule has 2 fully saturated rings. The standard InChI is InChI=1S/C10H16O/c11-10-7-3-5-8-4-1-2-6-9(8)10/h8-9H,1-7H2/t8-,9-/m0/s1/i7D/t7-,8+,9+/m1. The number of hydrogen-bond acceptors (Lipinski definition) is 1. The lowest BCUT2D eigenvalue weighted by Gasteiger charge is -2.33. The number of carbonyl (C=O) groups excluding carboxylic acids is 1. The Morgan fingerprint density at radius 2 is 1.91 bits per heavy atom.